The lowest BCUT2D eigenvalue weighted by Gasteiger charge is -2.17. The lowest BCUT2D eigenvalue weighted by molar-refractivity contribution is 0.448. The summed E-state index contributed by atoms with van der Waals surface area (Å²) in [5.74, 6) is 0. The summed E-state index contributed by atoms with van der Waals surface area (Å²) in [6.07, 6.45) is 0.906. The molecule has 1 heterocycles. The van der Waals surface area contributed by atoms with E-state index in [0.717, 1.165) is 12.1 Å². The van der Waals surface area contributed by atoms with Gasteiger partial charge in [0.15, 0.2) is 0 Å². The van der Waals surface area contributed by atoms with E-state index in [0.29, 0.717) is 5.69 Å². The second-order valence-electron chi connectivity index (χ2n) is 5.08. The minimum absolute atomic E-state index is 0.103. The standard InChI is InChI=1S/C11H21N3O/c1-6-7(2)14-10(15)8(12)9(13-14)11(3,4)5/h7,13H,6,12H2,1-5H3. The lowest BCUT2D eigenvalue weighted by atomic mass is 9.91. The summed E-state index contributed by atoms with van der Waals surface area (Å²) < 4.78 is 1.62. The van der Waals surface area contributed by atoms with Gasteiger partial charge in [-0.25, -0.2) is 4.68 Å². The molecule has 0 fully saturated rings. The number of nitrogens with two attached hydrogens (primary N) is 1. The molecule has 1 atom stereocenters. The summed E-state index contributed by atoms with van der Waals surface area (Å²) in [4.78, 5) is 11.8. The molecule has 0 spiro atoms. The molecule has 1 aromatic heterocycles. The Bertz CT molecular complexity index is 395. The summed E-state index contributed by atoms with van der Waals surface area (Å²) >= 11 is 0. The molecule has 0 aliphatic rings. The number of nitrogens with zero attached hydrogens (tertiary/aromatic N) is 1. The van der Waals surface area contributed by atoms with Gasteiger partial charge in [0.1, 0.15) is 5.69 Å². The summed E-state index contributed by atoms with van der Waals surface area (Å²) in [5.41, 5.74) is 6.77. The minimum Gasteiger partial charge on any atom is -0.393 e. The molecule has 1 unspecified atom stereocenters. The number of hydrogen-bond donors (Lipinski definition) is 2. The third-order valence-electron chi connectivity index (χ3n) is 2.73. The topological polar surface area (TPSA) is 63.8 Å². The third-order valence-corrected chi connectivity index (χ3v) is 2.73. The van der Waals surface area contributed by atoms with Crippen molar-refractivity contribution in [2.75, 3.05) is 5.73 Å². The Labute approximate surface area is 90.5 Å². The number of aromatic nitrogens is 2. The SMILES string of the molecule is CCC(C)n1[nH]c(C(C)(C)C)c(N)c1=O. The molecule has 1 aromatic rings. The molecule has 0 aliphatic carbocycles. The van der Waals surface area contributed by atoms with E-state index < -0.39 is 0 Å². The smallest absolute Gasteiger partial charge is 0.290 e. The molecule has 1 rings (SSSR count). The van der Waals surface area contributed by atoms with Crippen LogP contribution in [0.1, 0.15) is 52.8 Å². The number of anilines is 1. The zero-order chi connectivity index (χ0) is 11.8. The summed E-state index contributed by atoms with van der Waals surface area (Å²) in [6.45, 7) is 10.2. The molecule has 0 aliphatic heterocycles. The maximum atomic E-state index is 11.8. The first-order valence-electron chi connectivity index (χ1n) is 5.39. The van der Waals surface area contributed by atoms with Crippen molar-refractivity contribution >= 4 is 5.69 Å². The second kappa shape index (κ2) is 3.76. The van der Waals surface area contributed by atoms with E-state index in [4.69, 9.17) is 5.73 Å². The van der Waals surface area contributed by atoms with Crippen molar-refractivity contribution in [1.82, 2.24) is 9.78 Å². The van der Waals surface area contributed by atoms with Crippen LogP contribution < -0.4 is 11.3 Å². The largest absolute Gasteiger partial charge is 0.393 e. The Hall–Kier alpha value is -1.19. The molecule has 0 saturated carbocycles. The van der Waals surface area contributed by atoms with Gasteiger partial charge < -0.3 is 5.73 Å². The van der Waals surface area contributed by atoms with Crippen molar-refractivity contribution in [3.63, 3.8) is 0 Å². The summed E-state index contributed by atoms with van der Waals surface area (Å²) in [6, 6.07) is 0.163. The van der Waals surface area contributed by atoms with Crippen LogP contribution in [0.5, 0.6) is 0 Å². The van der Waals surface area contributed by atoms with Crippen LogP contribution in [0.4, 0.5) is 5.69 Å². The highest BCUT2D eigenvalue weighted by Gasteiger charge is 2.23. The fraction of sp³-hybridized carbons (Fsp3) is 0.727. The molecule has 4 heteroatoms. The summed E-state index contributed by atoms with van der Waals surface area (Å²) in [5, 5.41) is 3.12. The molecule has 0 saturated heterocycles. The van der Waals surface area contributed by atoms with Gasteiger partial charge in [-0.2, -0.15) is 0 Å². The van der Waals surface area contributed by atoms with E-state index in [1.54, 1.807) is 4.68 Å². The van der Waals surface area contributed by atoms with Crippen molar-refractivity contribution in [2.45, 2.75) is 52.5 Å². The number of rotatable bonds is 2. The van der Waals surface area contributed by atoms with Crippen LogP contribution in [-0.2, 0) is 5.41 Å². The normalized spacial score (nSPS) is 14.2. The lowest BCUT2D eigenvalue weighted by Crippen LogP contribution is -2.21. The zero-order valence-electron chi connectivity index (χ0n) is 10.2. The molecular formula is C11H21N3O. The number of hydrogen-bond acceptors (Lipinski definition) is 2. The molecule has 0 aromatic carbocycles. The van der Waals surface area contributed by atoms with Gasteiger partial charge in [-0.1, -0.05) is 27.7 Å². The predicted octanol–water partition coefficient (Wildman–Crippen LogP) is 2.03. The molecule has 3 N–H and O–H groups in total. The van der Waals surface area contributed by atoms with Crippen molar-refractivity contribution in [1.29, 1.82) is 0 Å². The fourth-order valence-electron chi connectivity index (χ4n) is 1.53. The highest BCUT2D eigenvalue weighted by atomic mass is 16.1. The highest BCUT2D eigenvalue weighted by molar-refractivity contribution is 5.44. The number of nitrogen functional groups attached to an aromatic ring is 1. The van der Waals surface area contributed by atoms with Crippen LogP contribution in [0, 0.1) is 0 Å². The van der Waals surface area contributed by atoms with Crippen LogP contribution >= 0.6 is 0 Å². The van der Waals surface area contributed by atoms with Gasteiger partial charge in [0.05, 0.1) is 11.7 Å². The van der Waals surface area contributed by atoms with Gasteiger partial charge in [-0.15, -0.1) is 0 Å². The molecule has 0 bridgehead atoms. The number of H-pyrrole nitrogens is 1. The second-order valence-corrected chi connectivity index (χ2v) is 5.08. The van der Waals surface area contributed by atoms with Crippen molar-refractivity contribution < 1.29 is 0 Å². The van der Waals surface area contributed by atoms with E-state index in [2.05, 4.69) is 5.10 Å². The van der Waals surface area contributed by atoms with Gasteiger partial charge in [-0.3, -0.25) is 9.89 Å². The quantitative estimate of drug-likeness (QED) is 0.786. The molecule has 0 radical (unpaired) electrons. The van der Waals surface area contributed by atoms with Gasteiger partial charge >= 0.3 is 0 Å². The van der Waals surface area contributed by atoms with E-state index >= 15 is 0 Å². The third kappa shape index (κ3) is 2.08. The first-order valence-corrected chi connectivity index (χ1v) is 5.39. The van der Waals surface area contributed by atoms with Crippen LogP contribution in [0.2, 0.25) is 0 Å². The maximum Gasteiger partial charge on any atom is 0.290 e. The van der Waals surface area contributed by atoms with Crippen LogP contribution in [0.25, 0.3) is 0 Å². The zero-order valence-corrected chi connectivity index (χ0v) is 10.2. The van der Waals surface area contributed by atoms with Gasteiger partial charge in [0, 0.05) is 5.41 Å². The van der Waals surface area contributed by atoms with Crippen LogP contribution in [-0.4, -0.2) is 9.78 Å². The minimum atomic E-state index is -0.123. The Balaban J connectivity index is 3.31. The van der Waals surface area contributed by atoms with Gasteiger partial charge in [0.25, 0.3) is 5.56 Å². The van der Waals surface area contributed by atoms with Crippen molar-refractivity contribution in [2.24, 2.45) is 0 Å². The van der Waals surface area contributed by atoms with Crippen LogP contribution in [0.3, 0.4) is 0 Å². The molecule has 0 amide bonds. The molecule has 86 valence electrons. The fourth-order valence-corrected chi connectivity index (χ4v) is 1.53. The molecular weight excluding hydrogens is 190 g/mol. The number of nitrogens with one attached hydrogen (secondary N) is 1. The first kappa shape index (κ1) is 11.9. The maximum absolute atomic E-state index is 11.8. The van der Waals surface area contributed by atoms with Gasteiger partial charge in [-0.05, 0) is 13.3 Å². The van der Waals surface area contributed by atoms with E-state index in [1.165, 1.54) is 0 Å². The predicted molar refractivity (Wildman–Crippen MR) is 63.2 cm³/mol. The van der Waals surface area contributed by atoms with Crippen molar-refractivity contribution in [3.8, 4) is 0 Å². The first-order chi connectivity index (χ1) is 6.79. The van der Waals surface area contributed by atoms with Crippen LogP contribution in [0.15, 0.2) is 4.79 Å². The Morgan fingerprint density at radius 2 is 2.00 bits per heavy atom. The Morgan fingerprint density at radius 3 is 2.33 bits per heavy atom. The average Bonchev–Trinajstić information content (AvgIpc) is 2.42. The number of aromatic amines is 1. The van der Waals surface area contributed by atoms with Gasteiger partial charge in [0.2, 0.25) is 0 Å². The molecule has 4 nitrogen and oxygen atoms in total. The Kier molecular flexibility index (Phi) is 2.98. The van der Waals surface area contributed by atoms with E-state index in [1.807, 2.05) is 34.6 Å². The highest BCUT2D eigenvalue weighted by Crippen LogP contribution is 2.24. The monoisotopic (exact) mass is 211 g/mol. The van der Waals surface area contributed by atoms with E-state index in [-0.39, 0.29) is 17.0 Å². The summed E-state index contributed by atoms with van der Waals surface area (Å²) in [7, 11) is 0. The van der Waals surface area contributed by atoms with Crippen molar-refractivity contribution in [3.05, 3.63) is 16.0 Å². The average molecular weight is 211 g/mol. The molecule has 15 heavy (non-hydrogen) atoms. The van der Waals surface area contributed by atoms with E-state index in [9.17, 15) is 4.79 Å². The Morgan fingerprint density at radius 1 is 1.47 bits per heavy atom.